The van der Waals surface area contributed by atoms with Crippen LogP contribution in [0.3, 0.4) is 0 Å². The highest BCUT2D eigenvalue weighted by atomic mass is 19.4. The van der Waals surface area contributed by atoms with E-state index in [1.807, 2.05) is 4.90 Å². The Hall–Kier alpha value is -2.90. The minimum atomic E-state index is -4.47. The van der Waals surface area contributed by atoms with E-state index in [1.54, 1.807) is 19.1 Å². The number of carbonyl (C=O) groups is 1. The molecule has 3 aromatic rings. The molecule has 32 heavy (non-hydrogen) atoms. The predicted octanol–water partition coefficient (Wildman–Crippen LogP) is 5.87. The van der Waals surface area contributed by atoms with Gasteiger partial charge in [-0.05, 0) is 49.8 Å². The monoisotopic (exact) mass is 443 g/mol. The van der Waals surface area contributed by atoms with Crippen LogP contribution in [0.1, 0.15) is 53.7 Å². The molecule has 8 heteroatoms. The fourth-order valence-electron chi connectivity index (χ4n) is 4.93. The van der Waals surface area contributed by atoms with E-state index < -0.39 is 11.7 Å². The maximum Gasteiger partial charge on any atom is 0.416 e. The SMILES string of the molecule is Cc1noc2nc(-c3cccc(C(F)(F)F)c3)cc(C(=O)N3CCCC(C4CCC4)C3)c12. The summed E-state index contributed by atoms with van der Waals surface area (Å²) < 4.78 is 45.0. The first-order valence-electron chi connectivity index (χ1n) is 11.0. The van der Waals surface area contributed by atoms with Crippen molar-refractivity contribution in [1.82, 2.24) is 15.0 Å². The number of rotatable bonds is 3. The molecule has 0 spiro atoms. The molecule has 2 fully saturated rings. The van der Waals surface area contributed by atoms with E-state index in [1.165, 1.54) is 25.3 Å². The zero-order chi connectivity index (χ0) is 22.5. The lowest BCUT2D eigenvalue weighted by Crippen LogP contribution is -2.43. The lowest BCUT2D eigenvalue weighted by molar-refractivity contribution is -0.137. The van der Waals surface area contributed by atoms with E-state index in [9.17, 15) is 18.0 Å². The van der Waals surface area contributed by atoms with Gasteiger partial charge in [0.2, 0.25) is 0 Å². The molecule has 2 aromatic heterocycles. The minimum Gasteiger partial charge on any atom is -0.338 e. The summed E-state index contributed by atoms with van der Waals surface area (Å²) >= 11 is 0. The number of alkyl halides is 3. The molecule has 1 unspecified atom stereocenters. The van der Waals surface area contributed by atoms with Crippen LogP contribution in [0.2, 0.25) is 0 Å². The summed E-state index contributed by atoms with van der Waals surface area (Å²) in [4.78, 5) is 19.9. The van der Waals surface area contributed by atoms with E-state index in [0.717, 1.165) is 31.5 Å². The van der Waals surface area contributed by atoms with Crippen LogP contribution in [-0.2, 0) is 6.18 Å². The summed E-state index contributed by atoms with van der Waals surface area (Å²) in [6.07, 6.45) is 1.37. The molecule has 0 N–H and O–H groups in total. The van der Waals surface area contributed by atoms with Crippen molar-refractivity contribution in [2.45, 2.75) is 45.2 Å². The molecule has 3 heterocycles. The number of halogens is 3. The molecule has 1 amide bonds. The molecule has 1 aliphatic heterocycles. The standard InChI is InChI=1S/C24H24F3N3O2/c1-14-21-19(23(31)30-10-4-8-17(13-30)15-5-2-6-15)12-20(28-22(21)32-29-14)16-7-3-9-18(11-16)24(25,26)27/h3,7,9,11-12,15,17H,2,4-6,8,10,13H2,1H3. The first kappa shape index (κ1) is 21.0. The molecular formula is C24H24F3N3O2. The molecule has 1 aromatic carbocycles. The van der Waals surface area contributed by atoms with Crippen molar-refractivity contribution in [3.63, 3.8) is 0 Å². The van der Waals surface area contributed by atoms with E-state index >= 15 is 0 Å². The number of aryl methyl sites for hydroxylation is 1. The number of carbonyl (C=O) groups excluding carboxylic acids is 1. The van der Waals surface area contributed by atoms with E-state index in [0.29, 0.717) is 35.0 Å². The van der Waals surface area contributed by atoms with E-state index in [-0.39, 0.29) is 22.9 Å². The molecule has 1 saturated carbocycles. The first-order chi connectivity index (χ1) is 15.3. The lowest BCUT2D eigenvalue weighted by Gasteiger charge is -2.40. The predicted molar refractivity (Wildman–Crippen MR) is 113 cm³/mol. The second-order valence-corrected chi connectivity index (χ2v) is 8.93. The number of fused-ring (bicyclic) bond motifs is 1. The second-order valence-electron chi connectivity index (χ2n) is 8.93. The smallest absolute Gasteiger partial charge is 0.338 e. The van der Waals surface area contributed by atoms with Crippen LogP contribution < -0.4 is 0 Å². The van der Waals surface area contributed by atoms with Gasteiger partial charge in [-0.3, -0.25) is 4.79 Å². The Bertz CT molecular complexity index is 1170. The van der Waals surface area contributed by atoms with Crippen molar-refractivity contribution in [1.29, 1.82) is 0 Å². The Kier molecular flexibility index (Phi) is 5.18. The molecule has 1 aliphatic carbocycles. The highest BCUT2D eigenvalue weighted by molar-refractivity contribution is 6.07. The van der Waals surface area contributed by atoms with Gasteiger partial charge in [0.15, 0.2) is 0 Å². The van der Waals surface area contributed by atoms with Crippen molar-refractivity contribution < 1.29 is 22.5 Å². The number of benzene rings is 1. The summed E-state index contributed by atoms with van der Waals surface area (Å²) in [5, 5.41) is 4.48. The Balaban J connectivity index is 1.54. The lowest BCUT2D eigenvalue weighted by atomic mass is 9.73. The van der Waals surface area contributed by atoms with Gasteiger partial charge in [-0.15, -0.1) is 0 Å². The van der Waals surface area contributed by atoms with Gasteiger partial charge < -0.3 is 9.42 Å². The number of hydrogen-bond donors (Lipinski definition) is 0. The zero-order valence-corrected chi connectivity index (χ0v) is 17.8. The van der Waals surface area contributed by atoms with Crippen molar-refractivity contribution in [2.75, 3.05) is 13.1 Å². The van der Waals surface area contributed by atoms with Gasteiger partial charge in [-0.1, -0.05) is 36.6 Å². The number of aromatic nitrogens is 2. The molecule has 5 nitrogen and oxygen atoms in total. The number of hydrogen-bond acceptors (Lipinski definition) is 4. The number of nitrogens with zero attached hydrogens (tertiary/aromatic N) is 3. The summed E-state index contributed by atoms with van der Waals surface area (Å²) in [7, 11) is 0. The molecule has 0 bridgehead atoms. The van der Waals surface area contributed by atoms with Crippen molar-refractivity contribution in [3.8, 4) is 11.3 Å². The average molecular weight is 443 g/mol. The fraction of sp³-hybridized carbons (Fsp3) is 0.458. The second kappa shape index (κ2) is 7.90. The normalized spacial score (nSPS) is 19.9. The molecule has 1 saturated heterocycles. The van der Waals surface area contributed by atoms with Crippen LogP contribution in [0.25, 0.3) is 22.4 Å². The average Bonchev–Trinajstić information content (AvgIpc) is 3.12. The first-order valence-corrected chi connectivity index (χ1v) is 11.0. The van der Waals surface area contributed by atoms with Gasteiger partial charge in [-0.25, -0.2) is 4.98 Å². The Morgan fingerprint density at radius 2 is 1.91 bits per heavy atom. The number of amides is 1. The molecule has 1 atom stereocenters. The van der Waals surface area contributed by atoms with Crippen LogP contribution >= 0.6 is 0 Å². The van der Waals surface area contributed by atoms with Crippen molar-refractivity contribution in [3.05, 3.63) is 47.2 Å². The van der Waals surface area contributed by atoms with Gasteiger partial charge in [-0.2, -0.15) is 13.2 Å². The maximum absolute atomic E-state index is 13.6. The Labute approximate surface area is 183 Å². The topological polar surface area (TPSA) is 59.2 Å². The summed E-state index contributed by atoms with van der Waals surface area (Å²) in [6, 6.07) is 6.52. The molecule has 5 rings (SSSR count). The van der Waals surface area contributed by atoms with Crippen molar-refractivity contribution >= 4 is 17.0 Å². The third-order valence-electron chi connectivity index (χ3n) is 6.89. The van der Waals surface area contributed by atoms with Crippen LogP contribution in [-0.4, -0.2) is 34.0 Å². The third-order valence-corrected chi connectivity index (χ3v) is 6.89. The van der Waals surface area contributed by atoms with Gasteiger partial charge in [0.05, 0.1) is 27.9 Å². The molecule has 0 radical (unpaired) electrons. The summed E-state index contributed by atoms with van der Waals surface area (Å²) in [5.41, 5.74) is 0.854. The number of piperidine rings is 1. The van der Waals surface area contributed by atoms with Crippen LogP contribution in [0.15, 0.2) is 34.9 Å². The van der Waals surface area contributed by atoms with E-state index in [4.69, 9.17) is 4.52 Å². The van der Waals surface area contributed by atoms with Crippen molar-refractivity contribution in [2.24, 2.45) is 11.8 Å². The molecule has 168 valence electrons. The van der Waals surface area contributed by atoms with Gasteiger partial charge in [0.1, 0.15) is 0 Å². The highest BCUT2D eigenvalue weighted by Gasteiger charge is 2.34. The minimum absolute atomic E-state index is 0.138. The Morgan fingerprint density at radius 1 is 1.12 bits per heavy atom. The molecular weight excluding hydrogens is 419 g/mol. The van der Waals surface area contributed by atoms with Gasteiger partial charge in [0, 0.05) is 18.7 Å². The Morgan fingerprint density at radius 3 is 2.62 bits per heavy atom. The molecule has 2 aliphatic rings. The van der Waals surface area contributed by atoms with Gasteiger partial charge in [0.25, 0.3) is 11.6 Å². The van der Waals surface area contributed by atoms with Crippen LogP contribution in [0, 0.1) is 18.8 Å². The third kappa shape index (κ3) is 3.76. The quantitative estimate of drug-likeness (QED) is 0.508. The number of pyridine rings is 1. The van der Waals surface area contributed by atoms with Crippen LogP contribution in [0.5, 0.6) is 0 Å². The van der Waals surface area contributed by atoms with Crippen LogP contribution in [0.4, 0.5) is 13.2 Å². The van der Waals surface area contributed by atoms with E-state index in [2.05, 4.69) is 10.1 Å². The summed E-state index contributed by atoms with van der Waals surface area (Å²) in [6.45, 7) is 3.13. The number of likely N-dealkylation sites (tertiary alicyclic amines) is 1. The highest BCUT2D eigenvalue weighted by Crippen LogP contribution is 2.39. The maximum atomic E-state index is 13.6. The van der Waals surface area contributed by atoms with Gasteiger partial charge >= 0.3 is 6.18 Å². The summed E-state index contributed by atoms with van der Waals surface area (Å²) in [5.74, 6) is 1.08. The largest absolute Gasteiger partial charge is 0.416 e. The zero-order valence-electron chi connectivity index (χ0n) is 17.8. The fourth-order valence-corrected chi connectivity index (χ4v) is 4.93.